The van der Waals surface area contributed by atoms with Gasteiger partial charge in [-0.15, -0.1) is 0 Å². The molecule has 0 atom stereocenters. The van der Waals surface area contributed by atoms with Crippen molar-refractivity contribution in [1.82, 2.24) is 9.78 Å². The standard InChI is InChI=1S/C23H23N5O4/c29-22(24-18-6-10-20(11-7-18)28(31)32)16-27-23(30)13-12-21(25-27)17-4-8-19(9-5-17)26-14-2-1-3-15-26/h4-13H,1-3,14-16H2,(H,24,29). The van der Waals surface area contributed by atoms with Crippen LogP contribution in [0.5, 0.6) is 0 Å². The minimum Gasteiger partial charge on any atom is -0.372 e. The first-order chi connectivity index (χ1) is 15.5. The molecule has 9 heteroatoms. The highest BCUT2D eigenvalue weighted by Crippen LogP contribution is 2.23. The van der Waals surface area contributed by atoms with Crippen LogP contribution in [-0.4, -0.2) is 33.7 Å². The number of nitrogens with zero attached hydrogens (tertiary/aromatic N) is 4. The van der Waals surface area contributed by atoms with E-state index in [1.807, 2.05) is 12.1 Å². The first-order valence-electron chi connectivity index (χ1n) is 10.5. The number of rotatable bonds is 6. The molecule has 1 aliphatic rings. The monoisotopic (exact) mass is 433 g/mol. The number of hydrogen-bond acceptors (Lipinski definition) is 6. The van der Waals surface area contributed by atoms with Gasteiger partial charge in [0.05, 0.1) is 10.6 Å². The van der Waals surface area contributed by atoms with Crippen molar-refractivity contribution in [3.63, 3.8) is 0 Å². The average Bonchev–Trinajstić information content (AvgIpc) is 2.81. The third-order valence-corrected chi connectivity index (χ3v) is 5.41. The number of non-ortho nitro benzene ring substituents is 1. The number of nitrogens with one attached hydrogen (secondary N) is 1. The highest BCUT2D eigenvalue weighted by molar-refractivity contribution is 5.90. The van der Waals surface area contributed by atoms with Gasteiger partial charge in [-0.05, 0) is 49.6 Å². The van der Waals surface area contributed by atoms with Gasteiger partial charge in [-0.3, -0.25) is 19.7 Å². The Morgan fingerprint density at radius 2 is 1.66 bits per heavy atom. The van der Waals surface area contributed by atoms with Crippen molar-refractivity contribution in [1.29, 1.82) is 0 Å². The van der Waals surface area contributed by atoms with Crippen LogP contribution in [0.3, 0.4) is 0 Å². The van der Waals surface area contributed by atoms with Crippen LogP contribution >= 0.6 is 0 Å². The van der Waals surface area contributed by atoms with Crippen LogP contribution in [-0.2, 0) is 11.3 Å². The first-order valence-corrected chi connectivity index (χ1v) is 10.5. The summed E-state index contributed by atoms with van der Waals surface area (Å²) in [6.07, 6.45) is 3.68. The van der Waals surface area contributed by atoms with E-state index in [2.05, 4.69) is 27.4 Å². The van der Waals surface area contributed by atoms with Gasteiger partial charge in [0.1, 0.15) is 6.54 Å². The number of nitro benzene ring substituents is 1. The van der Waals surface area contributed by atoms with E-state index in [1.165, 1.54) is 55.3 Å². The first kappa shape index (κ1) is 21.2. The van der Waals surface area contributed by atoms with Crippen LogP contribution in [0, 0.1) is 10.1 Å². The van der Waals surface area contributed by atoms with Gasteiger partial charge < -0.3 is 10.2 Å². The number of piperidine rings is 1. The molecule has 0 bridgehead atoms. The van der Waals surface area contributed by atoms with Crippen molar-refractivity contribution in [2.45, 2.75) is 25.8 Å². The minimum absolute atomic E-state index is 0.0695. The van der Waals surface area contributed by atoms with Gasteiger partial charge in [0.25, 0.3) is 11.2 Å². The Kier molecular flexibility index (Phi) is 6.25. The number of hydrogen-bond donors (Lipinski definition) is 1. The number of anilines is 2. The van der Waals surface area contributed by atoms with Crippen LogP contribution in [0.25, 0.3) is 11.3 Å². The van der Waals surface area contributed by atoms with Crippen molar-refractivity contribution in [3.05, 3.63) is 81.1 Å². The summed E-state index contributed by atoms with van der Waals surface area (Å²) in [5.74, 6) is -0.453. The topological polar surface area (TPSA) is 110 Å². The number of amides is 1. The smallest absolute Gasteiger partial charge is 0.269 e. The lowest BCUT2D eigenvalue weighted by Crippen LogP contribution is -2.29. The van der Waals surface area contributed by atoms with E-state index < -0.39 is 16.4 Å². The van der Waals surface area contributed by atoms with E-state index in [0.717, 1.165) is 23.3 Å². The SMILES string of the molecule is O=C(Cn1nc(-c2ccc(N3CCCCC3)cc2)ccc1=O)Nc1ccc([N+](=O)[O-])cc1. The molecule has 1 fully saturated rings. The Morgan fingerprint density at radius 3 is 2.31 bits per heavy atom. The van der Waals surface area contributed by atoms with E-state index >= 15 is 0 Å². The summed E-state index contributed by atoms with van der Waals surface area (Å²) in [6.45, 7) is 1.86. The third kappa shape index (κ3) is 5.00. The fourth-order valence-corrected chi connectivity index (χ4v) is 3.71. The second-order valence-electron chi connectivity index (χ2n) is 7.66. The number of carbonyl (C=O) groups is 1. The predicted molar refractivity (Wildman–Crippen MR) is 122 cm³/mol. The summed E-state index contributed by atoms with van der Waals surface area (Å²) in [6, 6.07) is 16.6. The summed E-state index contributed by atoms with van der Waals surface area (Å²) in [5, 5.41) is 17.7. The molecule has 3 aromatic rings. The molecule has 1 amide bonds. The molecule has 1 aliphatic heterocycles. The Hall–Kier alpha value is -4.01. The van der Waals surface area contributed by atoms with Crippen molar-refractivity contribution >= 4 is 23.0 Å². The average molecular weight is 433 g/mol. The lowest BCUT2D eigenvalue weighted by atomic mass is 10.1. The molecule has 1 aromatic heterocycles. The summed E-state index contributed by atoms with van der Waals surface area (Å²) in [4.78, 5) is 37.2. The zero-order valence-electron chi connectivity index (χ0n) is 17.4. The molecule has 4 rings (SSSR count). The Morgan fingerprint density at radius 1 is 0.969 bits per heavy atom. The van der Waals surface area contributed by atoms with E-state index in [0.29, 0.717) is 11.4 Å². The molecule has 0 aliphatic carbocycles. The molecule has 0 spiro atoms. The third-order valence-electron chi connectivity index (χ3n) is 5.41. The molecule has 164 valence electrons. The summed E-state index contributed by atoms with van der Waals surface area (Å²) in [7, 11) is 0. The zero-order chi connectivity index (χ0) is 22.5. The van der Waals surface area contributed by atoms with Crippen LogP contribution < -0.4 is 15.8 Å². The van der Waals surface area contributed by atoms with E-state index in [-0.39, 0.29) is 12.2 Å². The van der Waals surface area contributed by atoms with Gasteiger partial charge in [0.15, 0.2) is 0 Å². The maximum atomic E-state index is 12.4. The molecular weight excluding hydrogens is 410 g/mol. The predicted octanol–water partition coefficient (Wildman–Crippen LogP) is 3.45. The molecular formula is C23H23N5O4. The Balaban J connectivity index is 1.45. The highest BCUT2D eigenvalue weighted by atomic mass is 16.6. The lowest BCUT2D eigenvalue weighted by Gasteiger charge is -2.28. The van der Waals surface area contributed by atoms with Crippen molar-refractivity contribution in [2.24, 2.45) is 0 Å². The van der Waals surface area contributed by atoms with Gasteiger partial charge in [0, 0.05) is 48.2 Å². The van der Waals surface area contributed by atoms with Crippen molar-refractivity contribution in [3.8, 4) is 11.3 Å². The molecule has 0 unspecified atom stereocenters. The Labute approximate surface area is 184 Å². The lowest BCUT2D eigenvalue weighted by molar-refractivity contribution is -0.384. The summed E-state index contributed by atoms with van der Waals surface area (Å²) in [5.41, 5.74) is 2.56. The molecule has 0 saturated carbocycles. The molecule has 2 aromatic carbocycles. The van der Waals surface area contributed by atoms with Crippen LogP contribution in [0.15, 0.2) is 65.5 Å². The second-order valence-corrected chi connectivity index (χ2v) is 7.66. The van der Waals surface area contributed by atoms with Crippen molar-refractivity contribution in [2.75, 3.05) is 23.3 Å². The van der Waals surface area contributed by atoms with Crippen LogP contribution in [0.4, 0.5) is 17.1 Å². The molecule has 2 heterocycles. The highest BCUT2D eigenvalue weighted by Gasteiger charge is 2.12. The molecule has 1 N–H and O–H groups in total. The number of benzene rings is 2. The molecule has 1 saturated heterocycles. The van der Waals surface area contributed by atoms with Crippen LogP contribution in [0.1, 0.15) is 19.3 Å². The second kappa shape index (κ2) is 9.42. The fraction of sp³-hybridized carbons (Fsp3) is 0.261. The van der Waals surface area contributed by atoms with Crippen molar-refractivity contribution < 1.29 is 9.72 Å². The molecule has 32 heavy (non-hydrogen) atoms. The van der Waals surface area contributed by atoms with Gasteiger partial charge in [-0.1, -0.05) is 12.1 Å². The Bertz CT molecular complexity index is 1170. The number of carbonyl (C=O) groups excluding carboxylic acids is 1. The van der Waals surface area contributed by atoms with Crippen LogP contribution in [0.2, 0.25) is 0 Å². The number of aromatic nitrogens is 2. The molecule has 0 radical (unpaired) electrons. The summed E-state index contributed by atoms with van der Waals surface area (Å²) < 4.78 is 1.11. The molecule has 9 nitrogen and oxygen atoms in total. The minimum atomic E-state index is -0.514. The van der Waals surface area contributed by atoms with Gasteiger partial charge in [-0.2, -0.15) is 5.10 Å². The normalized spacial score (nSPS) is 13.6. The van der Waals surface area contributed by atoms with Gasteiger partial charge >= 0.3 is 0 Å². The maximum Gasteiger partial charge on any atom is 0.269 e. The van der Waals surface area contributed by atoms with Gasteiger partial charge in [-0.25, -0.2) is 4.68 Å². The summed E-state index contributed by atoms with van der Waals surface area (Å²) >= 11 is 0. The quantitative estimate of drug-likeness (QED) is 0.471. The van der Waals surface area contributed by atoms with E-state index in [1.54, 1.807) is 6.07 Å². The number of nitro groups is 1. The maximum absolute atomic E-state index is 12.4. The van der Waals surface area contributed by atoms with Gasteiger partial charge in [0.2, 0.25) is 5.91 Å². The van der Waals surface area contributed by atoms with E-state index in [4.69, 9.17) is 0 Å². The zero-order valence-corrected chi connectivity index (χ0v) is 17.4. The van der Waals surface area contributed by atoms with E-state index in [9.17, 15) is 19.7 Å². The largest absolute Gasteiger partial charge is 0.372 e. The fourth-order valence-electron chi connectivity index (χ4n) is 3.71.